The van der Waals surface area contributed by atoms with E-state index in [9.17, 15) is 4.79 Å². The third-order valence-corrected chi connectivity index (χ3v) is 4.33. The number of likely N-dealkylation sites (tertiary alicyclic amines) is 1. The van der Waals surface area contributed by atoms with Gasteiger partial charge in [0.25, 0.3) is 0 Å². The zero-order valence-electron chi connectivity index (χ0n) is 12.7. The number of hydrogen-bond donors (Lipinski definition) is 1. The van der Waals surface area contributed by atoms with Crippen molar-refractivity contribution in [3.63, 3.8) is 0 Å². The molecule has 1 aromatic rings. The van der Waals surface area contributed by atoms with Gasteiger partial charge < -0.3 is 9.84 Å². The van der Waals surface area contributed by atoms with Crippen LogP contribution >= 0.6 is 0 Å². The van der Waals surface area contributed by atoms with E-state index in [1.54, 1.807) is 0 Å². The lowest BCUT2D eigenvalue weighted by atomic mass is 9.82. The fraction of sp³-hybridized carbons (Fsp3) is 0.588. The molecule has 2 unspecified atom stereocenters. The molecule has 2 rings (SSSR count). The summed E-state index contributed by atoms with van der Waals surface area (Å²) < 4.78 is 4.97. The summed E-state index contributed by atoms with van der Waals surface area (Å²) in [6, 6.07) is 10.3. The number of aliphatic hydroxyl groups is 1. The number of rotatable bonds is 6. The molecule has 21 heavy (non-hydrogen) atoms. The fourth-order valence-electron chi connectivity index (χ4n) is 3.17. The third-order valence-electron chi connectivity index (χ3n) is 4.33. The van der Waals surface area contributed by atoms with E-state index in [-0.39, 0.29) is 18.5 Å². The number of carbonyl (C=O) groups excluding carboxylic acids is 1. The molecule has 4 nitrogen and oxygen atoms in total. The van der Waals surface area contributed by atoms with Gasteiger partial charge in [-0.15, -0.1) is 0 Å². The molecule has 0 aromatic heterocycles. The highest BCUT2D eigenvalue weighted by Gasteiger charge is 2.34. The molecule has 0 spiro atoms. The summed E-state index contributed by atoms with van der Waals surface area (Å²) in [5.74, 6) is 0.145. The number of nitrogens with zero attached hydrogens (tertiary/aromatic N) is 1. The number of benzene rings is 1. The standard InChI is InChI=1S/C17H25NO3/c1-21-17(20)16-13-18(10-9-15(16)8-5-11-19)12-14-6-3-2-4-7-14/h2-4,6-7,15-16,19H,5,8-13H2,1H3. The van der Waals surface area contributed by atoms with E-state index in [1.807, 2.05) is 18.2 Å². The average molecular weight is 291 g/mol. The minimum absolute atomic E-state index is 0.0704. The highest BCUT2D eigenvalue weighted by atomic mass is 16.5. The van der Waals surface area contributed by atoms with Crippen molar-refractivity contribution in [3.8, 4) is 0 Å². The largest absolute Gasteiger partial charge is 0.469 e. The summed E-state index contributed by atoms with van der Waals surface area (Å²) in [5.41, 5.74) is 1.27. The van der Waals surface area contributed by atoms with E-state index in [1.165, 1.54) is 12.7 Å². The first kappa shape index (κ1) is 16.0. The second-order valence-corrected chi connectivity index (χ2v) is 5.76. The molecule has 0 bridgehead atoms. The number of ether oxygens (including phenoxy) is 1. The molecule has 0 amide bonds. The molecule has 2 atom stereocenters. The number of carbonyl (C=O) groups is 1. The zero-order valence-corrected chi connectivity index (χ0v) is 12.7. The maximum absolute atomic E-state index is 12.0. The molecular formula is C17H25NO3. The Bertz CT molecular complexity index is 435. The molecule has 116 valence electrons. The van der Waals surface area contributed by atoms with Crippen LogP contribution in [0, 0.1) is 11.8 Å². The van der Waals surface area contributed by atoms with Crippen molar-refractivity contribution in [2.45, 2.75) is 25.8 Å². The van der Waals surface area contributed by atoms with Gasteiger partial charge >= 0.3 is 5.97 Å². The Morgan fingerprint density at radius 3 is 2.81 bits per heavy atom. The van der Waals surface area contributed by atoms with Crippen LogP contribution in [0.5, 0.6) is 0 Å². The Morgan fingerprint density at radius 1 is 1.38 bits per heavy atom. The first-order chi connectivity index (χ1) is 10.2. The second kappa shape index (κ2) is 8.15. The van der Waals surface area contributed by atoms with E-state index >= 15 is 0 Å². The summed E-state index contributed by atoms with van der Waals surface area (Å²) in [6.07, 6.45) is 2.65. The van der Waals surface area contributed by atoms with E-state index < -0.39 is 0 Å². The molecule has 0 radical (unpaired) electrons. The minimum atomic E-state index is -0.115. The third kappa shape index (κ3) is 4.55. The Hall–Kier alpha value is -1.39. The van der Waals surface area contributed by atoms with Crippen molar-refractivity contribution < 1.29 is 14.6 Å². The normalized spacial score (nSPS) is 23.0. The maximum Gasteiger partial charge on any atom is 0.310 e. The van der Waals surface area contributed by atoms with Gasteiger partial charge in [0.2, 0.25) is 0 Å². The predicted octanol–water partition coefficient (Wildman–Crippen LogP) is 2.07. The fourth-order valence-corrected chi connectivity index (χ4v) is 3.17. The van der Waals surface area contributed by atoms with Crippen LogP contribution in [0.3, 0.4) is 0 Å². The number of methoxy groups -OCH3 is 1. The molecule has 1 aromatic carbocycles. The van der Waals surface area contributed by atoms with Gasteiger partial charge in [0.05, 0.1) is 13.0 Å². The van der Waals surface area contributed by atoms with Crippen molar-refractivity contribution in [2.75, 3.05) is 26.8 Å². The first-order valence-corrected chi connectivity index (χ1v) is 7.69. The van der Waals surface area contributed by atoms with Crippen LogP contribution < -0.4 is 0 Å². The number of aliphatic hydroxyl groups excluding tert-OH is 1. The summed E-state index contributed by atoms with van der Waals surface area (Å²) in [6.45, 7) is 2.81. The Morgan fingerprint density at radius 2 is 2.14 bits per heavy atom. The van der Waals surface area contributed by atoms with Crippen molar-refractivity contribution in [2.24, 2.45) is 11.8 Å². The predicted molar refractivity (Wildman–Crippen MR) is 81.7 cm³/mol. The van der Waals surface area contributed by atoms with Gasteiger partial charge in [-0.2, -0.15) is 0 Å². The highest BCUT2D eigenvalue weighted by molar-refractivity contribution is 5.73. The highest BCUT2D eigenvalue weighted by Crippen LogP contribution is 2.29. The molecule has 1 saturated heterocycles. The van der Waals surface area contributed by atoms with E-state index in [0.29, 0.717) is 5.92 Å². The Balaban J connectivity index is 1.97. The van der Waals surface area contributed by atoms with Crippen molar-refractivity contribution >= 4 is 5.97 Å². The van der Waals surface area contributed by atoms with Gasteiger partial charge in [-0.05, 0) is 37.3 Å². The van der Waals surface area contributed by atoms with Crippen molar-refractivity contribution in [1.29, 1.82) is 0 Å². The minimum Gasteiger partial charge on any atom is -0.469 e. The van der Waals surface area contributed by atoms with Crippen molar-refractivity contribution in [3.05, 3.63) is 35.9 Å². The molecule has 1 N–H and O–H groups in total. The average Bonchev–Trinajstić information content (AvgIpc) is 2.53. The van der Waals surface area contributed by atoms with Crippen LogP contribution in [0.2, 0.25) is 0 Å². The number of esters is 1. The molecule has 0 saturated carbocycles. The van der Waals surface area contributed by atoms with E-state index in [0.717, 1.165) is 38.9 Å². The Kier molecular flexibility index (Phi) is 6.21. The van der Waals surface area contributed by atoms with E-state index in [2.05, 4.69) is 17.0 Å². The summed E-state index contributed by atoms with van der Waals surface area (Å²) in [7, 11) is 1.46. The molecule has 1 aliphatic heterocycles. The smallest absolute Gasteiger partial charge is 0.310 e. The first-order valence-electron chi connectivity index (χ1n) is 7.69. The van der Waals surface area contributed by atoms with Crippen LogP contribution in [0.15, 0.2) is 30.3 Å². The molecule has 0 aliphatic carbocycles. The maximum atomic E-state index is 12.0. The van der Waals surface area contributed by atoms with Crippen LogP contribution in [-0.4, -0.2) is 42.8 Å². The van der Waals surface area contributed by atoms with Crippen LogP contribution in [0.1, 0.15) is 24.8 Å². The lowest BCUT2D eigenvalue weighted by molar-refractivity contribution is -0.150. The van der Waals surface area contributed by atoms with Crippen LogP contribution in [0.25, 0.3) is 0 Å². The van der Waals surface area contributed by atoms with Gasteiger partial charge in [0.15, 0.2) is 0 Å². The summed E-state index contributed by atoms with van der Waals surface area (Å²) in [4.78, 5) is 14.4. The monoisotopic (exact) mass is 291 g/mol. The second-order valence-electron chi connectivity index (χ2n) is 5.76. The number of hydrogen-bond acceptors (Lipinski definition) is 4. The molecule has 1 fully saturated rings. The van der Waals surface area contributed by atoms with Crippen LogP contribution in [-0.2, 0) is 16.1 Å². The summed E-state index contributed by atoms with van der Waals surface area (Å²) >= 11 is 0. The molecule has 1 heterocycles. The quantitative estimate of drug-likeness (QED) is 0.815. The summed E-state index contributed by atoms with van der Waals surface area (Å²) in [5, 5.41) is 9.00. The molecular weight excluding hydrogens is 266 g/mol. The Labute approximate surface area is 126 Å². The van der Waals surface area contributed by atoms with Gasteiger partial charge in [-0.25, -0.2) is 0 Å². The van der Waals surface area contributed by atoms with Gasteiger partial charge in [0.1, 0.15) is 0 Å². The lowest BCUT2D eigenvalue weighted by Gasteiger charge is -2.37. The van der Waals surface area contributed by atoms with Crippen LogP contribution in [0.4, 0.5) is 0 Å². The lowest BCUT2D eigenvalue weighted by Crippen LogP contribution is -2.44. The molecule has 1 aliphatic rings. The molecule has 4 heteroatoms. The zero-order chi connectivity index (χ0) is 15.1. The van der Waals surface area contributed by atoms with Crippen molar-refractivity contribution in [1.82, 2.24) is 4.90 Å². The van der Waals surface area contributed by atoms with Gasteiger partial charge in [0, 0.05) is 19.7 Å². The van der Waals surface area contributed by atoms with Gasteiger partial charge in [-0.1, -0.05) is 30.3 Å². The van der Waals surface area contributed by atoms with Gasteiger partial charge in [-0.3, -0.25) is 9.69 Å². The number of piperidine rings is 1. The van der Waals surface area contributed by atoms with E-state index in [4.69, 9.17) is 9.84 Å². The SMILES string of the molecule is COC(=O)C1CN(Cc2ccccc2)CCC1CCCO. The topological polar surface area (TPSA) is 49.8 Å².